The summed E-state index contributed by atoms with van der Waals surface area (Å²) in [5.41, 5.74) is 0.601. The number of hydrogen-bond acceptors (Lipinski definition) is 8. The Labute approximate surface area is 322 Å². The third kappa shape index (κ3) is 14.0. The molecule has 0 aliphatic rings. The van der Waals surface area contributed by atoms with Crippen LogP contribution in [0.1, 0.15) is 92.9 Å². The van der Waals surface area contributed by atoms with Crippen molar-refractivity contribution in [3.63, 3.8) is 0 Å². The number of rotatable bonds is 26. The normalized spacial score (nSPS) is 13.6. The van der Waals surface area contributed by atoms with E-state index in [1.807, 2.05) is 36.4 Å². The average molecular weight is 753 g/mol. The van der Waals surface area contributed by atoms with Crippen LogP contribution in [0.25, 0.3) is 21.5 Å². The number of carbonyl (C=O) groups is 2. The summed E-state index contributed by atoms with van der Waals surface area (Å²) >= 11 is 6.57. The molecule has 0 amide bonds. The Morgan fingerprint density at radius 1 is 0.623 bits per heavy atom. The highest BCUT2D eigenvalue weighted by Gasteiger charge is 2.23. The van der Waals surface area contributed by atoms with Crippen molar-refractivity contribution in [2.24, 2.45) is 11.8 Å². The lowest BCUT2D eigenvalue weighted by Crippen LogP contribution is -2.31. The molecular formula is C44H61ClO8. The van der Waals surface area contributed by atoms with Crippen molar-refractivity contribution in [2.45, 2.75) is 105 Å². The highest BCUT2D eigenvalue weighted by Crippen LogP contribution is 2.44. The summed E-state index contributed by atoms with van der Waals surface area (Å²) in [5, 5.41) is 3.57. The van der Waals surface area contributed by atoms with Crippen LogP contribution in [0.2, 0.25) is 5.02 Å². The predicted octanol–water partition coefficient (Wildman–Crippen LogP) is 10.8. The summed E-state index contributed by atoms with van der Waals surface area (Å²) in [6.45, 7) is 21.1. The van der Waals surface area contributed by atoms with E-state index in [9.17, 15) is 9.59 Å². The van der Waals surface area contributed by atoms with Gasteiger partial charge in [0.05, 0.1) is 13.2 Å². The molecule has 0 saturated heterocycles. The smallest absolute Gasteiger partial charge is 0.333 e. The molecule has 3 aromatic carbocycles. The van der Waals surface area contributed by atoms with Crippen LogP contribution in [0, 0.1) is 11.8 Å². The van der Waals surface area contributed by atoms with E-state index in [0.29, 0.717) is 52.7 Å². The molecule has 0 aliphatic heterocycles. The van der Waals surface area contributed by atoms with Crippen LogP contribution in [0.4, 0.5) is 0 Å². The van der Waals surface area contributed by atoms with Gasteiger partial charge in [0.25, 0.3) is 0 Å². The molecule has 0 aliphatic carbocycles. The van der Waals surface area contributed by atoms with Gasteiger partial charge in [-0.3, -0.25) is 0 Å². The maximum Gasteiger partial charge on any atom is 0.333 e. The van der Waals surface area contributed by atoms with E-state index < -0.39 is 24.1 Å². The van der Waals surface area contributed by atoms with Gasteiger partial charge in [-0.15, -0.1) is 0 Å². The molecule has 9 heteroatoms. The Morgan fingerprint density at radius 2 is 1.06 bits per heavy atom. The molecule has 0 heterocycles. The maximum atomic E-state index is 12.6. The van der Waals surface area contributed by atoms with E-state index in [4.69, 9.17) is 40.0 Å². The van der Waals surface area contributed by atoms with Crippen LogP contribution in [0.5, 0.6) is 11.5 Å². The number of halogens is 1. The minimum absolute atomic E-state index is 0.0455. The highest BCUT2D eigenvalue weighted by molar-refractivity contribution is 6.31. The van der Waals surface area contributed by atoms with Crippen LogP contribution in [0.3, 0.4) is 0 Å². The van der Waals surface area contributed by atoms with Gasteiger partial charge in [0.1, 0.15) is 24.7 Å². The standard InChI is InChI=1S/C44H61ClO8/c1-9-13-17-32(11-3)24-48-26-35(52-43(46)30(5)6)28-50-41-37-19-15-16-20-38(37)42(40-23-34(45)21-22-39(40)41)51-29-36(53-44(47)31(7)8)27-49-25-33(12-4)18-14-10-2/h15-16,19-23,32-33,35-36H,5,7,9-14,17-18,24-29H2,1-4,6,8H3. The minimum atomic E-state index is -0.676. The van der Waals surface area contributed by atoms with Crippen molar-refractivity contribution < 1.29 is 38.0 Å². The fourth-order valence-electron chi connectivity index (χ4n) is 6.00. The number of ether oxygens (including phenoxy) is 6. The van der Waals surface area contributed by atoms with Crippen molar-refractivity contribution in [2.75, 3.05) is 39.6 Å². The summed E-state index contributed by atoms with van der Waals surface area (Å²) in [6.07, 6.45) is 7.44. The molecule has 53 heavy (non-hydrogen) atoms. The number of fused-ring (bicyclic) bond motifs is 2. The lowest BCUT2D eigenvalue weighted by molar-refractivity contribution is -0.150. The first-order valence-corrected chi connectivity index (χ1v) is 19.7. The Morgan fingerprint density at radius 3 is 1.47 bits per heavy atom. The molecule has 0 fully saturated rings. The molecule has 0 N–H and O–H groups in total. The Balaban J connectivity index is 1.92. The first kappa shape index (κ1) is 43.8. The Kier molecular flexibility index (Phi) is 19.2. The molecule has 0 radical (unpaired) electrons. The number of esters is 2. The van der Waals surface area contributed by atoms with Crippen LogP contribution in [-0.2, 0) is 28.5 Å². The van der Waals surface area contributed by atoms with Crippen LogP contribution in [0.15, 0.2) is 66.8 Å². The predicted molar refractivity (Wildman–Crippen MR) is 215 cm³/mol. The van der Waals surface area contributed by atoms with E-state index in [0.717, 1.165) is 72.9 Å². The molecule has 292 valence electrons. The van der Waals surface area contributed by atoms with Crippen molar-refractivity contribution in [1.29, 1.82) is 0 Å². The number of unbranched alkanes of at least 4 members (excludes halogenated alkanes) is 2. The third-order valence-electron chi connectivity index (χ3n) is 9.36. The zero-order valence-electron chi connectivity index (χ0n) is 32.8. The first-order chi connectivity index (χ1) is 25.5. The third-order valence-corrected chi connectivity index (χ3v) is 9.59. The summed E-state index contributed by atoms with van der Waals surface area (Å²) in [7, 11) is 0. The lowest BCUT2D eigenvalue weighted by Gasteiger charge is -2.24. The van der Waals surface area contributed by atoms with Gasteiger partial charge in [-0.25, -0.2) is 9.59 Å². The summed E-state index contributed by atoms with van der Waals surface area (Å²) < 4.78 is 36.9. The molecule has 4 unspecified atom stereocenters. The van der Waals surface area contributed by atoms with E-state index >= 15 is 0 Å². The lowest BCUT2D eigenvalue weighted by atomic mass is 10.0. The molecule has 0 saturated carbocycles. The molecule has 4 atom stereocenters. The fraction of sp³-hybridized carbons (Fsp3) is 0.545. The molecule has 0 spiro atoms. The van der Waals surface area contributed by atoms with Crippen LogP contribution in [-0.4, -0.2) is 63.8 Å². The van der Waals surface area contributed by atoms with Crippen molar-refractivity contribution in [3.05, 3.63) is 71.8 Å². The second kappa shape index (κ2) is 23.3. The zero-order valence-corrected chi connectivity index (χ0v) is 33.6. The molecule has 8 nitrogen and oxygen atoms in total. The molecule has 3 aromatic rings. The van der Waals surface area contributed by atoms with Crippen molar-refractivity contribution in [3.8, 4) is 11.5 Å². The van der Waals surface area contributed by atoms with Crippen molar-refractivity contribution >= 4 is 45.1 Å². The highest BCUT2D eigenvalue weighted by atomic mass is 35.5. The fourth-order valence-corrected chi connectivity index (χ4v) is 6.17. The van der Waals surface area contributed by atoms with Crippen LogP contribution < -0.4 is 9.47 Å². The SMILES string of the molecule is C=C(C)C(=O)OC(COCC(CC)CCCC)COc1c2ccccc2c(OCC(COCC(CC)CCCC)OC(=O)C(=C)C)c2cc(Cl)ccc12. The van der Waals surface area contributed by atoms with E-state index in [1.54, 1.807) is 19.9 Å². The first-order valence-electron chi connectivity index (χ1n) is 19.3. The Bertz CT molecular complexity index is 1630. The quantitative estimate of drug-likeness (QED) is 0.0455. The Hall–Kier alpha value is -3.59. The second-order valence-electron chi connectivity index (χ2n) is 14.0. The maximum absolute atomic E-state index is 12.6. The number of carbonyl (C=O) groups excluding carboxylic acids is 2. The van der Waals surface area contributed by atoms with Gasteiger partial charge in [0.15, 0.2) is 12.2 Å². The molecule has 0 aromatic heterocycles. The zero-order chi connectivity index (χ0) is 38.8. The molecule has 0 bridgehead atoms. The summed E-state index contributed by atoms with van der Waals surface area (Å²) in [5.74, 6) is 1.04. The van der Waals surface area contributed by atoms with Gasteiger partial charge in [0.2, 0.25) is 0 Å². The molecule has 3 rings (SSSR count). The monoisotopic (exact) mass is 752 g/mol. The van der Waals surface area contributed by atoms with Crippen molar-refractivity contribution in [1.82, 2.24) is 0 Å². The average Bonchev–Trinajstić information content (AvgIpc) is 3.14. The van der Waals surface area contributed by atoms with E-state index in [2.05, 4.69) is 40.9 Å². The minimum Gasteiger partial charge on any atom is -0.488 e. The van der Waals surface area contributed by atoms with E-state index in [1.165, 1.54) is 0 Å². The van der Waals surface area contributed by atoms with Gasteiger partial charge in [-0.2, -0.15) is 0 Å². The van der Waals surface area contributed by atoms with Gasteiger partial charge in [-0.05, 0) is 56.7 Å². The second-order valence-corrected chi connectivity index (χ2v) is 14.5. The number of hydrogen-bond donors (Lipinski definition) is 0. The summed E-state index contributed by atoms with van der Waals surface area (Å²) in [4.78, 5) is 25.3. The topological polar surface area (TPSA) is 89.5 Å². The molecular weight excluding hydrogens is 692 g/mol. The number of benzene rings is 3. The van der Waals surface area contributed by atoms with Gasteiger partial charge in [-0.1, -0.05) is 115 Å². The van der Waals surface area contributed by atoms with Gasteiger partial charge >= 0.3 is 11.9 Å². The summed E-state index contributed by atoms with van der Waals surface area (Å²) in [6, 6.07) is 13.3. The van der Waals surface area contributed by atoms with E-state index in [-0.39, 0.29) is 26.4 Å². The van der Waals surface area contributed by atoms with Gasteiger partial charge in [0, 0.05) is 50.9 Å². The largest absolute Gasteiger partial charge is 0.488 e. The van der Waals surface area contributed by atoms with Gasteiger partial charge < -0.3 is 28.4 Å². The van der Waals surface area contributed by atoms with Crippen LogP contribution >= 0.6 is 11.6 Å².